The normalized spacial score (nSPS) is 18.8. The number of nitrogens with one attached hydrogen (secondary N) is 3. The lowest BCUT2D eigenvalue weighted by atomic mass is 9.74. The van der Waals surface area contributed by atoms with Crippen LogP contribution in [0.2, 0.25) is 0 Å². The van der Waals surface area contributed by atoms with Gasteiger partial charge in [-0.3, -0.25) is 4.90 Å². The first-order valence-electron chi connectivity index (χ1n) is 19.5. The fourth-order valence-corrected chi connectivity index (χ4v) is 7.52. The summed E-state index contributed by atoms with van der Waals surface area (Å²) in [5.74, 6) is 0. The fourth-order valence-electron chi connectivity index (χ4n) is 7.52. The lowest BCUT2D eigenvalue weighted by Gasteiger charge is -2.33. The third kappa shape index (κ3) is 14.8. The Morgan fingerprint density at radius 1 is 0.483 bits per heavy atom. The topological polar surface area (TPSA) is 138 Å². The molecule has 3 aliphatic carbocycles. The van der Waals surface area contributed by atoms with Crippen molar-refractivity contribution in [1.82, 2.24) is 20.9 Å². The molecule has 10 nitrogen and oxygen atoms in total. The molecule has 0 bridgehead atoms. The van der Waals surface area contributed by atoms with Crippen molar-refractivity contribution in [1.29, 1.82) is 15.8 Å². The van der Waals surface area contributed by atoms with Gasteiger partial charge in [0.15, 0.2) is 0 Å². The Kier molecular flexibility index (Phi) is 18.4. The van der Waals surface area contributed by atoms with E-state index < -0.39 is 34.5 Å². The van der Waals surface area contributed by atoms with Gasteiger partial charge in [0, 0.05) is 73.1 Å². The quantitative estimate of drug-likeness (QED) is 0.0765. The fraction of sp³-hybridized carbons (Fsp3) is 0.643. The van der Waals surface area contributed by atoms with Crippen LogP contribution in [0.1, 0.15) is 80.1 Å². The van der Waals surface area contributed by atoms with Crippen molar-refractivity contribution in [3.8, 4) is 18.2 Å². The third-order valence-electron chi connectivity index (χ3n) is 10.2. The van der Waals surface area contributed by atoms with E-state index >= 15 is 0 Å². The van der Waals surface area contributed by atoms with Crippen LogP contribution in [0.25, 0.3) is 0 Å². The molecule has 0 heterocycles. The number of ether oxygens (including phenoxy) is 3. The molecule has 320 valence electrons. The zero-order valence-corrected chi connectivity index (χ0v) is 34.5. The van der Waals surface area contributed by atoms with Gasteiger partial charge in [0.1, 0.15) is 18.2 Å². The average Bonchev–Trinajstić information content (AvgIpc) is 3.13. The predicted octanol–water partition coefficient (Wildman–Crippen LogP) is 8.35. The molecule has 0 aromatic rings. The molecular formula is C42H57F6N7O3. The van der Waals surface area contributed by atoms with E-state index in [1.165, 1.54) is 0 Å². The molecule has 3 aliphatic rings. The maximum atomic E-state index is 13.6. The Balaban J connectivity index is 1.52. The first kappa shape index (κ1) is 48.1. The SMILES string of the molecule is CC1(C)CC(NCCOCCN(CCOCCNC2=C(C#N)C(=C(F)F)CC(C)(C)C2)CCOCCNC2=C(C#N)C(=C(F)F)CC(C)(C)C2)=C(C#N)C(=C(F)F)C1. The summed E-state index contributed by atoms with van der Waals surface area (Å²) >= 11 is 0. The van der Waals surface area contributed by atoms with Crippen molar-refractivity contribution < 1.29 is 40.6 Å². The van der Waals surface area contributed by atoms with Crippen molar-refractivity contribution >= 4 is 0 Å². The van der Waals surface area contributed by atoms with Gasteiger partial charge in [-0.2, -0.15) is 42.1 Å². The molecule has 0 radical (unpaired) electrons. The molecule has 0 saturated carbocycles. The number of rotatable bonds is 21. The molecule has 3 rings (SSSR count). The minimum Gasteiger partial charge on any atom is -0.385 e. The largest absolute Gasteiger partial charge is 0.385 e. The molecule has 0 unspecified atom stereocenters. The van der Waals surface area contributed by atoms with Gasteiger partial charge in [-0.05, 0) is 54.8 Å². The first-order chi connectivity index (χ1) is 27.3. The maximum Gasteiger partial charge on any atom is 0.274 e. The Labute approximate surface area is 338 Å². The Bertz CT molecular complexity index is 1580. The van der Waals surface area contributed by atoms with E-state index in [4.69, 9.17) is 14.2 Å². The van der Waals surface area contributed by atoms with Gasteiger partial charge < -0.3 is 30.2 Å². The highest BCUT2D eigenvalue weighted by molar-refractivity contribution is 5.50. The summed E-state index contributed by atoms with van der Waals surface area (Å²) in [7, 11) is 0. The second-order valence-corrected chi connectivity index (χ2v) is 17.1. The molecule has 3 N–H and O–H groups in total. The lowest BCUT2D eigenvalue weighted by Crippen LogP contribution is -2.35. The summed E-state index contributed by atoms with van der Waals surface area (Å²) in [5.41, 5.74) is -0.609. The van der Waals surface area contributed by atoms with E-state index in [2.05, 4.69) is 20.9 Å². The Morgan fingerprint density at radius 3 is 0.966 bits per heavy atom. The second-order valence-electron chi connectivity index (χ2n) is 17.1. The van der Waals surface area contributed by atoms with Crippen LogP contribution in [-0.2, 0) is 14.2 Å². The van der Waals surface area contributed by atoms with Gasteiger partial charge in [0.25, 0.3) is 18.2 Å². The molecule has 58 heavy (non-hydrogen) atoms. The summed E-state index contributed by atoms with van der Waals surface area (Å²) in [4.78, 5) is 2.07. The Hall–Kier alpha value is -4.27. The average molecular weight is 822 g/mol. The highest BCUT2D eigenvalue weighted by atomic mass is 19.3. The summed E-state index contributed by atoms with van der Waals surface area (Å²) in [6.45, 7) is 15.5. The monoisotopic (exact) mass is 821 g/mol. The predicted molar refractivity (Wildman–Crippen MR) is 208 cm³/mol. The number of hydrogen-bond acceptors (Lipinski definition) is 10. The molecule has 0 spiro atoms. The second kappa shape index (κ2) is 22.2. The van der Waals surface area contributed by atoms with Crippen LogP contribution in [0, 0.1) is 50.2 Å². The van der Waals surface area contributed by atoms with E-state index in [-0.39, 0.29) is 72.5 Å². The smallest absolute Gasteiger partial charge is 0.274 e. The molecule has 0 saturated heterocycles. The van der Waals surface area contributed by atoms with Gasteiger partial charge in [-0.15, -0.1) is 0 Å². The number of halogens is 6. The van der Waals surface area contributed by atoms with Crippen molar-refractivity contribution in [2.75, 3.05) is 78.9 Å². The van der Waals surface area contributed by atoms with E-state index in [0.29, 0.717) is 95.4 Å². The minimum atomic E-state index is -1.85. The molecule has 0 amide bonds. The zero-order valence-electron chi connectivity index (χ0n) is 34.5. The van der Waals surface area contributed by atoms with Gasteiger partial charge in [0.05, 0.1) is 56.4 Å². The molecule has 0 fully saturated rings. The third-order valence-corrected chi connectivity index (χ3v) is 10.2. The van der Waals surface area contributed by atoms with Gasteiger partial charge in [-0.25, -0.2) is 0 Å². The van der Waals surface area contributed by atoms with Crippen molar-refractivity contribution in [3.05, 3.63) is 68.8 Å². The zero-order chi connectivity index (χ0) is 43.1. The lowest BCUT2D eigenvalue weighted by molar-refractivity contribution is 0.0548. The van der Waals surface area contributed by atoms with Crippen molar-refractivity contribution in [2.45, 2.75) is 80.1 Å². The molecule has 0 aliphatic heterocycles. The highest BCUT2D eigenvalue weighted by Crippen LogP contribution is 2.44. The van der Waals surface area contributed by atoms with Crippen LogP contribution in [0.4, 0.5) is 26.3 Å². The van der Waals surface area contributed by atoms with E-state index in [1.54, 1.807) is 0 Å². The minimum absolute atomic E-state index is 0.0176. The molecule has 0 aromatic heterocycles. The summed E-state index contributed by atoms with van der Waals surface area (Å²) in [6, 6.07) is 5.78. The van der Waals surface area contributed by atoms with E-state index in [1.807, 2.05) is 59.8 Å². The van der Waals surface area contributed by atoms with Crippen LogP contribution >= 0.6 is 0 Å². The van der Waals surface area contributed by atoms with Crippen LogP contribution in [0.5, 0.6) is 0 Å². The highest BCUT2D eigenvalue weighted by Gasteiger charge is 2.35. The molecule has 16 heteroatoms. The number of hydrogen-bond donors (Lipinski definition) is 3. The van der Waals surface area contributed by atoms with E-state index in [0.717, 1.165) is 0 Å². The van der Waals surface area contributed by atoms with Gasteiger partial charge in [-0.1, -0.05) is 41.5 Å². The van der Waals surface area contributed by atoms with Crippen molar-refractivity contribution in [2.24, 2.45) is 16.2 Å². The molecular weight excluding hydrogens is 764 g/mol. The Morgan fingerprint density at radius 2 is 0.741 bits per heavy atom. The summed E-state index contributed by atoms with van der Waals surface area (Å²) in [5, 5.41) is 38.1. The summed E-state index contributed by atoms with van der Waals surface area (Å²) < 4.78 is 99.2. The summed E-state index contributed by atoms with van der Waals surface area (Å²) in [6.07, 6.45) is -3.81. The van der Waals surface area contributed by atoms with Crippen LogP contribution < -0.4 is 16.0 Å². The van der Waals surface area contributed by atoms with Crippen molar-refractivity contribution in [3.63, 3.8) is 0 Å². The van der Waals surface area contributed by atoms with Crippen LogP contribution in [0.3, 0.4) is 0 Å². The standard InChI is InChI=1S/C42H57F6N7O3/c1-40(2)19-28(37(43)44)31(25-49)34(22-40)52-7-13-56-16-10-55(11-17-57-14-8-53-35-23-41(3,4)20-29(38(45)46)32(35)26-50)12-18-58-15-9-54-36-24-42(5,6)21-30(39(47)48)33(36)27-51/h52-54H,7-24H2,1-6H3. The maximum absolute atomic E-state index is 13.6. The number of nitrogens with zero attached hydrogens (tertiary/aromatic N) is 4. The van der Waals surface area contributed by atoms with Gasteiger partial charge in [0.2, 0.25) is 0 Å². The molecule has 0 aromatic carbocycles. The van der Waals surface area contributed by atoms with Crippen LogP contribution in [-0.4, -0.2) is 83.8 Å². The van der Waals surface area contributed by atoms with E-state index in [9.17, 15) is 42.1 Å². The first-order valence-corrected chi connectivity index (χ1v) is 19.5. The molecule has 0 atom stereocenters. The number of allylic oxidation sites excluding steroid dienone is 9. The van der Waals surface area contributed by atoms with Gasteiger partial charge >= 0.3 is 0 Å². The van der Waals surface area contributed by atoms with Crippen LogP contribution in [0.15, 0.2) is 68.8 Å². The number of nitriles is 3.